The van der Waals surface area contributed by atoms with Crippen LogP contribution in [0.15, 0.2) is 72.8 Å². The zero-order chi connectivity index (χ0) is 16.1. The van der Waals surface area contributed by atoms with Gasteiger partial charge >= 0.3 is 142 Å². The normalized spacial score (nSPS) is 10.4. The van der Waals surface area contributed by atoms with Crippen LogP contribution in [0.2, 0.25) is 0 Å². The number of hydrogen-bond donors (Lipinski definition) is 0. The van der Waals surface area contributed by atoms with E-state index in [-0.39, 0.29) is 5.82 Å². The van der Waals surface area contributed by atoms with Crippen LogP contribution < -0.4 is 4.74 Å². The van der Waals surface area contributed by atoms with Gasteiger partial charge in [-0.3, -0.25) is 0 Å². The van der Waals surface area contributed by atoms with Crippen LogP contribution in [0, 0.1) is 5.82 Å². The number of halogens is 1. The summed E-state index contributed by atoms with van der Waals surface area (Å²) < 4.78 is 19.2. The monoisotopic (exact) mass is 348 g/mol. The minimum atomic E-state index is -0.258. The van der Waals surface area contributed by atoms with E-state index in [4.69, 9.17) is 19.8 Å². The Morgan fingerprint density at radius 1 is 0.913 bits per heavy atom. The third-order valence-corrected chi connectivity index (χ3v) is 3.81. The molecule has 0 aliphatic carbocycles. The van der Waals surface area contributed by atoms with Gasteiger partial charge in [0.1, 0.15) is 0 Å². The Morgan fingerprint density at radius 2 is 1.74 bits per heavy atom. The van der Waals surface area contributed by atoms with Crippen LogP contribution in [0.5, 0.6) is 5.75 Å². The number of hydrogen-bond acceptors (Lipinski definition) is 1. The van der Waals surface area contributed by atoms with E-state index in [1.807, 2.05) is 54.6 Å². The summed E-state index contributed by atoms with van der Waals surface area (Å²) in [7, 11) is 0. The fourth-order valence-corrected chi connectivity index (χ4v) is 2.60. The molecule has 23 heavy (non-hydrogen) atoms. The van der Waals surface area contributed by atoms with Gasteiger partial charge in [-0.1, -0.05) is 0 Å². The summed E-state index contributed by atoms with van der Waals surface area (Å²) in [4.78, 5) is 1.63. The van der Waals surface area contributed by atoms with E-state index in [1.54, 1.807) is 11.1 Å². The van der Waals surface area contributed by atoms with Gasteiger partial charge in [0.05, 0.1) is 0 Å². The van der Waals surface area contributed by atoms with Crippen molar-refractivity contribution in [1.29, 1.82) is 0 Å². The van der Waals surface area contributed by atoms with Gasteiger partial charge in [0, 0.05) is 0 Å². The van der Waals surface area contributed by atoms with E-state index < -0.39 is 0 Å². The predicted octanol–water partition coefficient (Wildman–Crippen LogP) is 4.77. The van der Waals surface area contributed by atoms with Crippen molar-refractivity contribution in [3.63, 3.8) is 0 Å². The van der Waals surface area contributed by atoms with Gasteiger partial charge in [0.25, 0.3) is 0 Å². The molecule has 0 bridgehead atoms. The van der Waals surface area contributed by atoms with Crippen molar-refractivity contribution in [1.82, 2.24) is 0 Å². The molecule has 0 aliphatic rings. The van der Waals surface area contributed by atoms with E-state index in [0.29, 0.717) is 6.61 Å². The third kappa shape index (κ3) is 3.94. The second-order valence-electron chi connectivity index (χ2n) is 5.12. The number of ether oxygens (including phenoxy) is 1. The molecule has 0 atom stereocenters. The molecule has 0 N–H and O–H groups in total. The molecule has 0 saturated carbocycles. The van der Waals surface area contributed by atoms with Crippen LogP contribution in [0.4, 0.5) is 4.39 Å². The summed E-state index contributed by atoms with van der Waals surface area (Å²) in [6.07, 6.45) is 0. The van der Waals surface area contributed by atoms with Gasteiger partial charge in [-0.2, -0.15) is 0 Å². The van der Waals surface area contributed by atoms with Crippen molar-refractivity contribution in [3.05, 3.63) is 89.7 Å². The Bertz CT molecular complexity index is 815. The maximum atomic E-state index is 13.4. The SMILES string of the molecule is Fc1cccc(-c2ccc(OCc3ccccc3)cc2[CH]=[Ni])c1. The molecule has 3 heteroatoms. The molecule has 3 rings (SSSR count). The van der Waals surface area contributed by atoms with Crippen LogP contribution >= 0.6 is 0 Å². The molecule has 118 valence electrons. The Balaban J connectivity index is 1.83. The van der Waals surface area contributed by atoms with Crippen LogP contribution in [-0.2, 0) is 21.6 Å². The average molecular weight is 349 g/mol. The molecule has 0 fully saturated rings. The van der Waals surface area contributed by atoms with Crippen LogP contribution in [0.25, 0.3) is 11.1 Å². The summed E-state index contributed by atoms with van der Waals surface area (Å²) in [5.74, 6) is 0.489. The van der Waals surface area contributed by atoms with Crippen molar-refractivity contribution in [2.24, 2.45) is 0 Å². The Hall–Kier alpha value is -2.25. The topological polar surface area (TPSA) is 9.23 Å². The molecule has 3 aromatic carbocycles. The fraction of sp³-hybridized carbons (Fsp3) is 0.0500. The second kappa shape index (κ2) is 7.35. The van der Waals surface area contributed by atoms with Crippen LogP contribution in [0.3, 0.4) is 0 Å². The first kappa shape index (κ1) is 15.6. The fourth-order valence-electron chi connectivity index (χ4n) is 2.37. The molecule has 0 spiro atoms. The molecule has 0 aromatic heterocycles. The van der Waals surface area contributed by atoms with Gasteiger partial charge in [-0.15, -0.1) is 0 Å². The third-order valence-electron chi connectivity index (χ3n) is 3.51. The Morgan fingerprint density at radius 3 is 2.48 bits per heavy atom. The summed E-state index contributed by atoms with van der Waals surface area (Å²) >= 11 is 4.79. The van der Waals surface area contributed by atoms with E-state index >= 15 is 0 Å². The van der Waals surface area contributed by atoms with E-state index in [0.717, 1.165) is 28.0 Å². The first-order valence-electron chi connectivity index (χ1n) is 7.23. The van der Waals surface area contributed by atoms with Crippen molar-refractivity contribution < 1.29 is 24.2 Å². The zero-order valence-corrected chi connectivity index (χ0v) is 13.3. The molecule has 3 aromatic rings. The molecular weight excluding hydrogens is 334 g/mol. The Labute approximate surface area is 142 Å². The summed E-state index contributed by atoms with van der Waals surface area (Å²) in [6, 6.07) is 22.2. The standard InChI is InChI=1S/C20H15FO.Ni/c1-15-12-19(22-14-16-6-3-2-4-7-16)10-11-20(15)17-8-5-9-18(21)13-17;/h1-13H,14H2;. The summed E-state index contributed by atoms with van der Waals surface area (Å²) in [5.41, 5.74) is 3.68. The van der Waals surface area contributed by atoms with Crippen molar-refractivity contribution in [2.75, 3.05) is 0 Å². The number of rotatable bonds is 5. The molecule has 0 unspecified atom stereocenters. The maximum absolute atomic E-state index is 13.4. The first-order chi connectivity index (χ1) is 11.3. The van der Waals surface area contributed by atoms with Crippen LogP contribution in [0.1, 0.15) is 11.1 Å². The molecule has 0 radical (unpaired) electrons. The van der Waals surface area contributed by atoms with Crippen molar-refractivity contribution in [3.8, 4) is 16.9 Å². The van der Waals surface area contributed by atoms with Gasteiger partial charge in [0.15, 0.2) is 0 Å². The van der Waals surface area contributed by atoms with E-state index in [1.165, 1.54) is 12.1 Å². The quantitative estimate of drug-likeness (QED) is 0.603. The molecular formula is C20H15FNiO. The average Bonchev–Trinajstić information content (AvgIpc) is 2.60. The van der Waals surface area contributed by atoms with Gasteiger partial charge in [0.2, 0.25) is 0 Å². The molecule has 1 nitrogen and oxygen atoms in total. The summed E-state index contributed by atoms with van der Waals surface area (Å²) in [5, 5.41) is 0. The van der Waals surface area contributed by atoms with Gasteiger partial charge in [-0.25, -0.2) is 0 Å². The van der Waals surface area contributed by atoms with Crippen LogP contribution in [-0.4, -0.2) is 4.99 Å². The van der Waals surface area contributed by atoms with Crippen molar-refractivity contribution in [2.45, 2.75) is 6.61 Å². The summed E-state index contributed by atoms with van der Waals surface area (Å²) in [6.45, 7) is 0.500. The zero-order valence-electron chi connectivity index (χ0n) is 12.3. The predicted molar refractivity (Wildman–Crippen MR) is 87.8 cm³/mol. The number of benzene rings is 3. The van der Waals surface area contributed by atoms with E-state index in [9.17, 15) is 4.39 Å². The van der Waals surface area contributed by atoms with Gasteiger partial charge < -0.3 is 0 Å². The second-order valence-corrected chi connectivity index (χ2v) is 5.41. The van der Waals surface area contributed by atoms with Crippen molar-refractivity contribution >= 4 is 4.99 Å². The first-order valence-corrected chi connectivity index (χ1v) is 7.80. The molecule has 0 heterocycles. The van der Waals surface area contributed by atoms with Gasteiger partial charge in [-0.05, 0) is 0 Å². The molecule has 0 saturated heterocycles. The molecule has 0 amide bonds. The molecule has 0 aliphatic heterocycles. The Kier molecular flexibility index (Phi) is 5.00. The minimum absolute atomic E-state index is 0.258. The van der Waals surface area contributed by atoms with E-state index in [2.05, 4.69) is 0 Å².